The predicted octanol–water partition coefficient (Wildman–Crippen LogP) is 7.27. The molecule has 5 aromatic carbocycles. The Labute approximate surface area is 255 Å². The summed E-state index contributed by atoms with van der Waals surface area (Å²) in [5.41, 5.74) is 13.4. The van der Waals surface area contributed by atoms with Gasteiger partial charge in [0.2, 0.25) is 5.91 Å². The number of nitrogens with two attached hydrogens (primary N) is 1. The summed E-state index contributed by atoms with van der Waals surface area (Å²) in [5, 5.41) is 10.6. The molecule has 44 heavy (non-hydrogen) atoms. The number of esters is 1. The third-order valence-electron chi connectivity index (χ3n) is 7.66. The average molecular weight is 576 g/mol. The molecule has 0 aliphatic rings. The smallest absolute Gasteiger partial charge is 0.339 e. The van der Waals surface area contributed by atoms with Crippen molar-refractivity contribution < 1.29 is 14.3 Å². The van der Waals surface area contributed by atoms with Crippen LogP contribution in [0.2, 0.25) is 0 Å². The second-order valence-electron chi connectivity index (χ2n) is 10.7. The quantitative estimate of drug-likeness (QED) is 0.183. The summed E-state index contributed by atoms with van der Waals surface area (Å²) in [4.78, 5) is 25.3. The molecular weight excluding hydrogens is 546 g/mol. The molecule has 0 saturated carbocycles. The van der Waals surface area contributed by atoms with E-state index < -0.39 is 11.9 Å². The van der Waals surface area contributed by atoms with Crippen LogP contribution in [-0.2, 0) is 24.3 Å². The Morgan fingerprint density at radius 3 is 2.23 bits per heavy atom. The highest BCUT2D eigenvalue weighted by atomic mass is 16.5. The summed E-state index contributed by atoms with van der Waals surface area (Å²) in [7, 11) is 0. The number of hydrogen-bond acceptors (Lipinski definition) is 4. The van der Waals surface area contributed by atoms with Crippen molar-refractivity contribution in [2.24, 2.45) is 5.73 Å². The number of nitrogens with zero attached hydrogens (tertiary/aromatic N) is 2. The molecule has 0 fully saturated rings. The normalized spacial score (nSPS) is 10.8. The Hall–Kier alpha value is -5.93. The number of rotatable bonds is 9. The van der Waals surface area contributed by atoms with Gasteiger partial charge in [-0.1, -0.05) is 97.1 Å². The van der Waals surface area contributed by atoms with Crippen molar-refractivity contribution in [2.45, 2.75) is 19.6 Å². The summed E-state index contributed by atoms with van der Waals surface area (Å²) in [6, 6.07) is 40.6. The largest absolute Gasteiger partial charge is 0.457 e. The number of ether oxygens (including phenoxy) is 1. The number of amides is 1. The minimum absolute atomic E-state index is 0.112. The third kappa shape index (κ3) is 6.13. The van der Waals surface area contributed by atoms with Crippen molar-refractivity contribution >= 4 is 22.8 Å². The molecule has 0 aliphatic carbocycles. The van der Waals surface area contributed by atoms with Crippen molar-refractivity contribution in [3.63, 3.8) is 0 Å². The van der Waals surface area contributed by atoms with Gasteiger partial charge in [-0.15, -0.1) is 0 Å². The molecule has 6 rings (SSSR count). The molecular formula is C38H29N3O3. The molecule has 214 valence electrons. The van der Waals surface area contributed by atoms with E-state index in [1.54, 1.807) is 12.1 Å². The lowest BCUT2D eigenvalue weighted by Gasteiger charge is -2.13. The molecule has 0 radical (unpaired) electrons. The van der Waals surface area contributed by atoms with Crippen LogP contribution in [-0.4, -0.2) is 16.4 Å². The van der Waals surface area contributed by atoms with E-state index in [0.717, 1.165) is 33.2 Å². The van der Waals surface area contributed by atoms with E-state index in [1.165, 1.54) is 11.6 Å². The minimum Gasteiger partial charge on any atom is -0.457 e. The number of hydrogen-bond donors (Lipinski definition) is 1. The van der Waals surface area contributed by atoms with Crippen LogP contribution < -0.4 is 5.73 Å². The first-order chi connectivity index (χ1) is 21.5. The predicted molar refractivity (Wildman–Crippen MR) is 171 cm³/mol. The van der Waals surface area contributed by atoms with Gasteiger partial charge < -0.3 is 15.0 Å². The summed E-state index contributed by atoms with van der Waals surface area (Å²) in [6.07, 6.45) is 2.80. The van der Waals surface area contributed by atoms with E-state index in [4.69, 9.17) is 10.5 Å². The van der Waals surface area contributed by atoms with E-state index >= 15 is 0 Å². The van der Waals surface area contributed by atoms with Crippen LogP contribution in [0, 0.1) is 11.3 Å². The van der Waals surface area contributed by atoms with Gasteiger partial charge in [0.25, 0.3) is 0 Å². The van der Waals surface area contributed by atoms with Crippen molar-refractivity contribution in [1.82, 2.24) is 4.57 Å². The van der Waals surface area contributed by atoms with E-state index in [1.807, 2.05) is 78.9 Å². The Balaban J connectivity index is 1.33. The van der Waals surface area contributed by atoms with Crippen LogP contribution in [0.15, 0.2) is 128 Å². The van der Waals surface area contributed by atoms with Crippen LogP contribution in [0.4, 0.5) is 0 Å². The standard InChI is InChI=1S/C38H29N3O3/c39-22-29-14-16-34-32(24-41(36(34)20-29)23-26-8-3-1-4-9-26)19-28-12-7-13-30(18-28)33-17-15-31(37(40)42)21-35(33)38(43)44-25-27-10-5-2-6-11-27/h1-18,20-21,24H,19,23,25H2,(H2,40,42). The molecule has 1 heterocycles. The Kier molecular flexibility index (Phi) is 8.02. The van der Waals surface area contributed by atoms with Crippen LogP contribution in [0.25, 0.3) is 22.0 Å². The molecule has 0 aliphatic heterocycles. The monoisotopic (exact) mass is 575 g/mol. The van der Waals surface area contributed by atoms with Gasteiger partial charge in [-0.25, -0.2) is 4.79 Å². The van der Waals surface area contributed by atoms with Gasteiger partial charge in [-0.05, 0) is 64.1 Å². The Bertz CT molecular complexity index is 2020. The molecule has 0 unspecified atom stereocenters. The lowest BCUT2D eigenvalue weighted by molar-refractivity contribution is 0.0473. The molecule has 0 atom stereocenters. The number of benzene rings is 5. The first-order valence-corrected chi connectivity index (χ1v) is 14.3. The van der Waals surface area contributed by atoms with E-state index in [-0.39, 0.29) is 17.7 Å². The lowest BCUT2D eigenvalue weighted by Crippen LogP contribution is -2.14. The topological polar surface area (TPSA) is 98.1 Å². The number of carbonyl (C=O) groups excluding carboxylic acids is 2. The average Bonchev–Trinajstić information content (AvgIpc) is 3.39. The Morgan fingerprint density at radius 1 is 0.773 bits per heavy atom. The van der Waals surface area contributed by atoms with Crippen LogP contribution in [0.3, 0.4) is 0 Å². The van der Waals surface area contributed by atoms with Gasteiger partial charge in [-0.2, -0.15) is 5.26 Å². The van der Waals surface area contributed by atoms with Gasteiger partial charge in [0.05, 0.1) is 17.2 Å². The molecule has 0 saturated heterocycles. The van der Waals surface area contributed by atoms with Crippen molar-refractivity contribution in [2.75, 3.05) is 0 Å². The second-order valence-corrected chi connectivity index (χ2v) is 10.7. The molecule has 0 bridgehead atoms. The maximum Gasteiger partial charge on any atom is 0.339 e. The molecule has 2 N–H and O–H groups in total. The van der Waals surface area contributed by atoms with Gasteiger partial charge in [0.1, 0.15) is 6.61 Å². The fourth-order valence-corrected chi connectivity index (χ4v) is 5.48. The zero-order valence-electron chi connectivity index (χ0n) is 23.9. The first kappa shape index (κ1) is 28.2. The summed E-state index contributed by atoms with van der Waals surface area (Å²) < 4.78 is 7.83. The van der Waals surface area contributed by atoms with E-state index in [9.17, 15) is 14.9 Å². The number of fused-ring (bicyclic) bond motifs is 1. The van der Waals surface area contributed by atoms with Crippen LogP contribution in [0.5, 0.6) is 0 Å². The number of aromatic nitrogens is 1. The van der Waals surface area contributed by atoms with Gasteiger partial charge >= 0.3 is 5.97 Å². The Morgan fingerprint density at radius 2 is 1.50 bits per heavy atom. The van der Waals surface area contributed by atoms with Crippen molar-refractivity contribution in [1.29, 1.82) is 5.26 Å². The third-order valence-corrected chi connectivity index (χ3v) is 7.66. The highest BCUT2D eigenvalue weighted by molar-refractivity contribution is 6.01. The lowest BCUT2D eigenvalue weighted by atomic mass is 9.94. The van der Waals surface area contributed by atoms with Crippen LogP contribution in [0.1, 0.15) is 48.5 Å². The highest BCUT2D eigenvalue weighted by Gasteiger charge is 2.18. The second kappa shape index (κ2) is 12.5. The molecule has 6 aromatic rings. The molecule has 1 amide bonds. The van der Waals surface area contributed by atoms with Gasteiger partial charge in [-0.3, -0.25) is 4.79 Å². The summed E-state index contributed by atoms with van der Waals surface area (Å²) >= 11 is 0. The van der Waals surface area contributed by atoms with Crippen molar-refractivity contribution in [3.05, 3.63) is 166 Å². The SMILES string of the molecule is N#Cc1ccc2c(Cc3cccc(-c4ccc(C(N)=O)cc4C(=O)OCc4ccccc4)c3)cn(Cc3ccccc3)c2c1. The van der Waals surface area contributed by atoms with Gasteiger partial charge in [0, 0.05) is 29.2 Å². The van der Waals surface area contributed by atoms with E-state index in [0.29, 0.717) is 24.1 Å². The number of primary amides is 1. The zero-order valence-corrected chi connectivity index (χ0v) is 23.9. The minimum atomic E-state index is -0.617. The van der Waals surface area contributed by atoms with E-state index in [2.05, 4.69) is 41.1 Å². The molecule has 6 heteroatoms. The van der Waals surface area contributed by atoms with Crippen LogP contribution >= 0.6 is 0 Å². The zero-order chi connectivity index (χ0) is 30.5. The number of nitriles is 1. The molecule has 0 spiro atoms. The summed E-state index contributed by atoms with van der Waals surface area (Å²) in [5.74, 6) is -1.15. The maximum absolute atomic E-state index is 13.3. The van der Waals surface area contributed by atoms with Gasteiger partial charge in [0.15, 0.2) is 0 Å². The summed E-state index contributed by atoms with van der Waals surface area (Å²) in [6.45, 7) is 0.799. The van der Waals surface area contributed by atoms with Crippen molar-refractivity contribution in [3.8, 4) is 17.2 Å². The first-order valence-electron chi connectivity index (χ1n) is 14.3. The molecule has 1 aromatic heterocycles. The number of carbonyl (C=O) groups is 2. The maximum atomic E-state index is 13.3. The molecule has 6 nitrogen and oxygen atoms in total. The highest BCUT2D eigenvalue weighted by Crippen LogP contribution is 2.30. The fourth-order valence-electron chi connectivity index (χ4n) is 5.48. The fraction of sp³-hybridized carbons (Fsp3) is 0.0789.